The molecule has 78 valence electrons. The summed E-state index contributed by atoms with van der Waals surface area (Å²) in [7, 11) is 0. The minimum Gasteiger partial charge on any atom is -0.317 e. The average Bonchev–Trinajstić information content (AvgIpc) is 2.46. The molecule has 1 aliphatic rings. The van der Waals surface area contributed by atoms with E-state index in [9.17, 15) is 4.39 Å². The van der Waals surface area contributed by atoms with Crippen molar-refractivity contribution < 1.29 is 4.39 Å². The van der Waals surface area contributed by atoms with E-state index in [0.717, 1.165) is 30.0 Å². The number of alkyl halides is 1. The first kappa shape index (κ1) is 10.1. The van der Waals surface area contributed by atoms with E-state index in [4.69, 9.17) is 0 Å². The number of nitrogens with one attached hydrogen (secondary N) is 1. The first-order chi connectivity index (χ1) is 6.72. The van der Waals surface area contributed by atoms with Crippen LogP contribution in [0.1, 0.15) is 29.7 Å². The van der Waals surface area contributed by atoms with Crippen LogP contribution in [-0.2, 0) is 5.67 Å². The largest absolute Gasteiger partial charge is 0.317 e. The van der Waals surface area contributed by atoms with Crippen molar-refractivity contribution in [2.45, 2.75) is 31.9 Å². The summed E-state index contributed by atoms with van der Waals surface area (Å²) in [6.07, 6.45) is 2.22. The van der Waals surface area contributed by atoms with Crippen molar-refractivity contribution in [3.8, 4) is 0 Å². The van der Waals surface area contributed by atoms with Crippen LogP contribution in [0.5, 0.6) is 0 Å². The van der Waals surface area contributed by atoms with Crippen LogP contribution in [0.25, 0.3) is 0 Å². The van der Waals surface area contributed by atoms with Crippen LogP contribution < -0.4 is 5.32 Å². The summed E-state index contributed by atoms with van der Waals surface area (Å²) in [6, 6.07) is 1.95. The molecule has 2 heterocycles. The maximum atomic E-state index is 14.6. The molecule has 0 aromatic carbocycles. The molecule has 1 aromatic rings. The maximum Gasteiger partial charge on any atom is 0.138 e. The zero-order valence-electron chi connectivity index (χ0n) is 8.48. The van der Waals surface area contributed by atoms with Crippen LogP contribution in [0, 0.1) is 6.92 Å². The highest BCUT2D eigenvalue weighted by Gasteiger charge is 2.34. The van der Waals surface area contributed by atoms with E-state index >= 15 is 0 Å². The third-order valence-electron chi connectivity index (χ3n) is 2.97. The Kier molecular flexibility index (Phi) is 2.88. The highest BCUT2D eigenvalue weighted by molar-refractivity contribution is 7.10. The minimum absolute atomic E-state index is 0.616. The van der Waals surface area contributed by atoms with Gasteiger partial charge in [-0.05, 0) is 50.7 Å². The van der Waals surface area contributed by atoms with Gasteiger partial charge in [-0.25, -0.2) is 4.39 Å². The number of halogens is 1. The molecule has 1 aromatic heterocycles. The van der Waals surface area contributed by atoms with Gasteiger partial charge in [-0.1, -0.05) is 0 Å². The van der Waals surface area contributed by atoms with Crippen molar-refractivity contribution in [2.75, 3.05) is 13.1 Å². The lowest BCUT2D eigenvalue weighted by molar-refractivity contribution is 0.145. The van der Waals surface area contributed by atoms with E-state index in [-0.39, 0.29) is 0 Å². The predicted octanol–water partition coefficient (Wildman–Crippen LogP) is 2.99. The standard InChI is InChI=1S/C11H16FNS/c1-9-10(3-8-14-9)11(12)4-2-6-13-7-5-11/h3,8,13H,2,4-7H2,1H3. The maximum absolute atomic E-state index is 14.6. The van der Waals surface area contributed by atoms with Crippen molar-refractivity contribution in [2.24, 2.45) is 0 Å². The van der Waals surface area contributed by atoms with Crippen LogP contribution in [0.4, 0.5) is 4.39 Å². The fourth-order valence-electron chi connectivity index (χ4n) is 2.15. The Balaban J connectivity index is 2.25. The van der Waals surface area contributed by atoms with Gasteiger partial charge in [-0.3, -0.25) is 0 Å². The molecule has 0 spiro atoms. The molecule has 1 unspecified atom stereocenters. The lowest BCUT2D eigenvalue weighted by Crippen LogP contribution is -2.22. The van der Waals surface area contributed by atoms with Gasteiger partial charge < -0.3 is 5.32 Å². The van der Waals surface area contributed by atoms with Gasteiger partial charge in [0.15, 0.2) is 0 Å². The first-order valence-corrected chi connectivity index (χ1v) is 6.04. The van der Waals surface area contributed by atoms with Crippen LogP contribution in [-0.4, -0.2) is 13.1 Å². The van der Waals surface area contributed by atoms with Crippen molar-refractivity contribution >= 4 is 11.3 Å². The van der Waals surface area contributed by atoms with E-state index < -0.39 is 5.67 Å². The van der Waals surface area contributed by atoms with Gasteiger partial charge in [0.2, 0.25) is 0 Å². The predicted molar refractivity (Wildman–Crippen MR) is 58.6 cm³/mol. The molecule has 1 fully saturated rings. The van der Waals surface area contributed by atoms with Crippen LogP contribution in [0.3, 0.4) is 0 Å². The molecule has 1 nitrogen and oxygen atoms in total. The number of aryl methyl sites for hydroxylation is 1. The molecule has 0 bridgehead atoms. The monoisotopic (exact) mass is 213 g/mol. The molecule has 1 N–H and O–H groups in total. The van der Waals surface area contributed by atoms with Crippen molar-refractivity contribution in [3.05, 3.63) is 21.9 Å². The van der Waals surface area contributed by atoms with E-state index in [1.54, 1.807) is 11.3 Å². The topological polar surface area (TPSA) is 12.0 Å². The van der Waals surface area contributed by atoms with Crippen LogP contribution >= 0.6 is 11.3 Å². The van der Waals surface area contributed by atoms with E-state index in [2.05, 4.69) is 5.32 Å². The third kappa shape index (κ3) is 1.84. The van der Waals surface area contributed by atoms with Gasteiger partial charge in [0.25, 0.3) is 0 Å². The normalized spacial score (nSPS) is 28.7. The van der Waals surface area contributed by atoms with Crippen molar-refractivity contribution in [1.29, 1.82) is 0 Å². The summed E-state index contributed by atoms with van der Waals surface area (Å²) >= 11 is 1.64. The Morgan fingerprint density at radius 2 is 2.29 bits per heavy atom. The van der Waals surface area contributed by atoms with Crippen molar-refractivity contribution in [3.63, 3.8) is 0 Å². The minimum atomic E-state index is -1.08. The third-order valence-corrected chi connectivity index (χ3v) is 3.81. The molecular weight excluding hydrogens is 197 g/mol. The lowest BCUT2D eigenvalue weighted by atomic mass is 9.89. The Labute approximate surface area is 88.3 Å². The molecule has 3 heteroatoms. The average molecular weight is 213 g/mol. The zero-order valence-corrected chi connectivity index (χ0v) is 9.29. The highest BCUT2D eigenvalue weighted by atomic mass is 32.1. The lowest BCUT2D eigenvalue weighted by Gasteiger charge is -2.23. The second-order valence-corrected chi connectivity index (χ2v) is 5.08. The van der Waals surface area contributed by atoms with Crippen molar-refractivity contribution in [1.82, 2.24) is 5.32 Å². The van der Waals surface area contributed by atoms with Gasteiger partial charge in [-0.2, -0.15) is 0 Å². The quantitative estimate of drug-likeness (QED) is 0.756. The molecule has 0 saturated carbocycles. The Morgan fingerprint density at radius 3 is 3.00 bits per heavy atom. The molecule has 0 aliphatic carbocycles. The van der Waals surface area contributed by atoms with E-state index in [0.29, 0.717) is 12.8 Å². The Bertz CT molecular complexity index is 300. The summed E-state index contributed by atoms with van der Waals surface area (Å²) in [5, 5.41) is 5.24. The molecule has 1 aliphatic heterocycles. The van der Waals surface area contributed by atoms with E-state index in [1.807, 2.05) is 18.4 Å². The van der Waals surface area contributed by atoms with E-state index in [1.165, 1.54) is 0 Å². The summed E-state index contributed by atoms with van der Waals surface area (Å²) in [4.78, 5) is 1.13. The molecule has 1 atom stereocenters. The second kappa shape index (κ2) is 3.99. The number of hydrogen-bond acceptors (Lipinski definition) is 2. The molecule has 2 rings (SSSR count). The van der Waals surface area contributed by atoms with Crippen LogP contribution in [0.2, 0.25) is 0 Å². The molecule has 0 radical (unpaired) electrons. The highest BCUT2D eigenvalue weighted by Crippen LogP contribution is 2.39. The fraction of sp³-hybridized carbons (Fsp3) is 0.636. The van der Waals surface area contributed by atoms with Gasteiger partial charge in [0.1, 0.15) is 5.67 Å². The smallest absolute Gasteiger partial charge is 0.138 e. The molecule has 1 saturated heterocycles. The summed E-state index contributed by atoms with van der Waals surface area (Å²) in [5.74, 6) is 0. The summed E-state index contributed by atoms with van der Waals surface area (Å²) in [6.45, 7) is 3.76. The second-order valence-electron chi connectivity index (χ2n) is 3.96. The number of thiophene rings is 1. The number of hydrogen-bond donors (Lipinski definition) is 1. The van der Waals surface area contributed by atoms with Gasteiger partial charge >= 0.3 is 0 Å². The fourth-order valence-corrected chi connectivity index (χ4v) is 2.94. The first-order valence-electron chi connectivity index (χ1n) is 5.17. The zero-order chi connectivity index (χ0) is 10.0. The molecule has 14 heavy (non-hydrogen) atoms. The molecular formula is C11H16FNS. The van der Waals surface area contributed by atoms with Gasteiger partial charge in [-0.15, -0.1) is 11.3 Å². The van der Waals surface area contributed by atoms with Gasteiger partial charge in [0, 0.05) is 10.4 Å². The Morgan fingerprint density at radius 1 is 1.43 bits per heavy atom. The Hall–Kier alpha value is -0.410. The number of rotatable bonds is 1. The SMILES string of the molecule is Cc1sccc1C1(F)CCCNCC1. The van der Waals surface area contributed by atoms with Gasteiger partial charge in [0.05, 0.1) is 0 Å². The van der Waals surface area contributed by atoms with Crippen LogP contribution in [0.15, 0.2) is 11.4 Å². The summed E-state index contributed by atoms with van der Waals surface area (Å²) in [5.41, 5.74) is -0.153. The molecule has 0 amide bonds. The summed E-state index contributed by atoms with van der Waals surface area (Å²) < 4.78 is 14.6.